The number of carbonyl (C=O) groups is 1. The summed E-state index contributed by atoms with van der Waals surface area (Å²) in [7, 11) is 1.66. The highest BCUT2D eigenvalue weighted by molar-refractivity contribution is 6.39. The molecule has 0 aliphatic heterocycles. The molecule has 1 atom stereocenters. The Bertz CT molecular complexity index is 1740. The Labute approximate surface area is 266 Å². The molecule has 1 unspecified atom stereocenters. The van der Waals surface area contributed by atoms with Crippen molar-refractivity contribution in [3.63, 3.8) is 0 Å². The fraction of sp³-hybridized carbons (Fsp3) is 0.235. The molecule has 1 aliphatic rings. The average Bonchev–Trinajstić information content (AvgIpc) is 3.52. The Balaban J connectivity index is 1.22. The molecule has 224 valence electrons. The van der Waals surface area contributed by atoms with E-state index in [9.17, 15) is 4.79 Å². The molecule has 0 bridgehead atoms. The van der Waals surface area contributed by atoms with E-state index >= 15 is 0 Å². The van der Waals surface area contributed by atoms with E-state index < -0.39 is 0 Å². The Morgan fingerprint density at radius 3 is 2.59 bits per heavy atom. The minimum Gasteiger partial charge on any atom is -0.497 e. The fourth-order valence-corrected chi connectivity index (χ4v) is 6.28. The molecule has 0 fully saturated rings. The molecule has 2 N–H and O–H groups in total. The number of amides is 1. The zero-order valence-corrected chi connectivity index (χ0v) is 25.8. The molecule has 0 radical (unpaired) electrons. The molecule has 2 aromatic carbocycles. The SMILES string of the molecule is COc1ccc(-c2cnc(CN(Cc3cccc(CNC(=O)c4c(Cl)cncc4Cl)c3)C3CCCc4cccnc43)[nH]2)cc1. The Kier molecular flexibility index (Phi) is 9.21. The van der Waals surface area contributed by atoms with E-state index in [1.165, 1.54) is 18.0 Å². The van der Waals surface area contributed by atoms with Crippen molar-refractivity contribution in [2.75, 3.05) is 7.11 Å². The van der Waals surface area contributed by atoms with Crippen LogP contribution in [-0.4, -0.2) is 37.9 Å². The van der Waals surface area contributed by atoms with Gasteiger partial charge in [0, 0.05) is 31.7 Å². The van der Waals surface area contributed by atoms with Crippen LogP contribution in [0.3, 0.4) is 0 Å². The minimum absolute atomic E-state index is 0.147. The summed E-state index contributed by atoms with van der Waals surface area (Å²) in [6, 6.07) is 20.5. The first kappa shape index (κ1) is 29.8. The van der Waals surface area contributed by atoms with E-state index in [4.69, 9.17) is 37.9 Å². The first-order chi connectivity index (χ1) is 21.5. The molecule has 5 aromatic rings. The summed E-state index contributed by atoms with van der Waals surface area (Å²) in [5, 5.41) is 3.37. The number of hydrogen-bond donors (Lipinski definition) is 2. The molecule has 44 heavy (non-hydrogen) atoms. The predicted molar refractivity (Wildman–Crippen MR) is 172 cm³/mol. The average molecular weight is 628 g/mol. The number of rotatable bonds is 10. The number of hydrogen-bond acceptors (Lipinski definition) is 6. The minimum atomic E-state index is -0.343. The maximum Gasteiger partial charge on any atom is 0.254 e. The number of imidazole rings is 1. The molecular weight excluding hydrogens is 595 g/mol. The number of nitrogens with zero attached hydrogens (tertiary/aromatic N) is 4. The molecule has 3 aromatic heterocycles. The van der Waals surface area contributed by atoms with Gasteiger partial charge in [0.1, 0.15) is 11.6 Å². The number of methoxy groups -OCH3 is 1. The number of ether oxygens (including phenoxy) is 1. The Hall–Kier alpha value is -4.24. The van der Waals surface area contributed by atoms with Crippen LogP contribution in [-0.2, 0) is 26.1 Å². The third kappa shape index (κ3) is 6.78. The summed E-state index contributed by atoms with van der Waals surface area (Å²) in [5.41, 5.74) is 6.76. The number of aromatic nitrogens is 4. The van der Waals surface area contributed by atoms with E-state index in [1.54, 1.807) is 7.11 Å². The van der Waals surface area contributed by atoms with Crippen LogP contribution in [0.5, 0.6) is 5.75 Å². The lowest BCUT2D eigenvalue weighted by Crippen LogP contribution is -2.32. The standard InChI is InChI=1S/C34H32Cl2N6O2/c1-44-26-12-10-24(11-13-26)29-19-39-31(41-29)21-42(30-9-3-7-25-8-4-14-38-33(25)30)20-23-6-2-5-22(15-23)16-40-34(43)32-27(35)17-37-18-28(32)36/h2,4-6,8,10-15,17-19,30H,3,7,9,16,20-21H2,1H3,(H,39,41)(H,40,43). The number of nitrogens with one attached hydrogen (secondary N) is 2. The summed E-state index contributed by atoms with van der Waals surface area (Å²) >= 11 is 12.4. The second-order valence-corrected chi connectivity index (χ2v) is 11.6. The zero-order valence-electron chi connectivity index (χ0n) is 24.3. The van der Waals surface area contributed by atoms with Gasteiger partial charge in [0.15, 0.2) is 0 Å². The number of H-pyrrole nitrogens is 1. The lowest BCUT2D eigenvalue weighted by atomic mass is 9.90. The van der Waals surface area contributed by atoms with E-state index in [0.29, 0.717) is 19.6 Å². The van der Waals surface area contributed by atoms with Gasteiger partial charge in [-0.3, -0.25) is 19.7 Å². The van der Waals surface area contributed by atoms with E-state index in [0.717, 1.165) is 58.9 Å². The maximum absolute atomic E-state index is 12.8. The second-order valence-electron chi connectivity index (χ2n) is 10.8. The molecule has 0 spiro atoms. The smallest absolute Gasteiger partial charge is 0.254 e. The summed E-state index contributed by atoms with van der Waals surface area (Å²) in [6.45, 7) is 1.64. The first-order valence-electron chi connectivity index (χ1n) is 14.5. The first-order valence-corrected chi connectivity index (χ1v) is 15.2. The molecule has 6 rings (SSSR count). The number of aryl methyl sites for hydroxylation is 1. The van der Waals surface area contributed by atoms with Crippen LogP contribution in [0.2, 0.25) is 10.0 Å². The summed E-state index contributed by atoms with van der Waals surface area (Å²) in [6.07, 6.45) is 9.74. The van der Waals surface area contributed by atoms with Crippen LogP contribution < -0.4 is 10.1 Å². The van der Waals surface area contributed by atoms with Gasteiger partial charge in [-0.1, -0.05) is 53.5 Å². The number of aromatic amines is 1. The number of carbonyl (C=O) groups excluding carboxylic acids is 1. The van der Waals surface area contributed by atoms with Gasteiger partial charge in [0.25, 0.3) is 5.91 Å². The quantitative estimate of drug-likeness (QED) is 0.170. The highest BCUT2D eigenvalue weighted by Crippen LogP contribution is 2.35. The van der Waals surface area contributed by atoms with Gasteiger partial charge in [0.2, 0.25) is 0 Å². The molecule has 0 saturated carbocycles. The predicted octanol–water partition coefficient (Wildman–Crippen LogP) is 7.19. The van der Waals surface area contributed by atoms with Crippen LogP contribution in [0.4, 0.5) is 0 Å². The highest BCUT2D eigenvalue weighted by atomic mass is 35.5. The third-order valence-corrected chi connectivity index (χ3v) is 8.47. The van der Waals surface area contributed by atoms with Crippen molar-refractivity contribution in [1.29, 1.82) is 0 Å². The second kappa shape index (κ2) is 13.6. The van der Waals surface area contributed by atoms with Crippen molar-refractivity contribution in [2.24, 2.45) is 0 Å². The lowest BCUT2D eigenvalue weighted by Gasteiger charge is -2.34. The van der Waals surface area contributed by atoms with E-state index in [-0.39, 0.29) is 27.6 Å². The normalized spacial score (nSPS) is 14.3. The zero-order chi connectivity index (χ0) is 30.5. The van der Waals surface area contributed by atoms with E-state index in [2.05, 4.69) is 38.4 Å². The molecule has 10 heteroatoms. The largest absolute Gasteiger partial charge is 0.497 e. The van der Waals surface area contributed by atoms with Gasteiger partial charge < -0.3 is 15.0 Å². The molecule has 3 heterocycles. The van der Waals surface area contributed by atoms with Crippen LogP contribution in [0.25, 0.3) is 11.3 Å². The Morgan fingerprint density at radius 1 is 1.00 bits per heavy atom. The topological polar surface area (TPSA) is 96.0 Å². The van der Waals surface area contributed by atoms with Gasteiger partial charge in [0.05, 0.1) is 52.9 Å². The highest BCUT2D eigenvalue weighted by Gasteiger charge is 2.28. The van der Waals surface area contributed by atoms with Crippen LogP contribution in [0.1, 0.15) is 57.5 Å². The van der Waals surface area contributed by atoms with Crippen molar-refractivity contribution in [3.05, 3.63) is 129 Å². The Morgan fingerprint density at radius 2 is 1.80 bits per heavy atom. The van der Waals surface area contributed by atoms with Crippen molar-refractivity contribution in [3.8, 4) is 17.0 Å². The van der Waals surface area contributed by atoms with Crippen LogP contribution in [0, 0.1) is 0 Å². The van der Waals surface area contributed by atoms with Crippen molar-refractivity contribution >= 4 is 29.1 Å². The van der Waals surface area contributed by atoms with Gasteiger partial charge in [-0.05, 0) is 71.8 Å². The van der Waals surface area contributed by atoms with Crippen LogP contribution in [0.15, 0.2) is 85.5 Å². The molecule has 8 nitrogen and oxygen atoms in total. The van der Waals surface area contributed by atoms with Gasteiger partial charge in [-0.15, -0.1) is 0 Å². The molecule has 0 saturated heterocycles. The van der Waals surface area contributed by atoms with Crippen molar-refractivity contribution < 1.29 is 9.53 Å². The fourth-order valence-electron chi connectivity index (χ4n) is 5.74. The summed E-state index contributed by atoms with van der Waals surface area (Å²) in [5.74, 6) is 1.35. The van der Waals surface area contributed by atoms with Gasteiger partial charge in [-0.25, -0.2) is 4.98 Å². The number of pyridine rings is 2. The number of halogens is 2. The van der Waals surface area contributed by atoms with Crippen molar-refractivity contribution in [2.45, 2.75) is 44.9 Å². The number of benzene rings is 2. The molecule has 1 aliphatic carbocycles. The molecular formula is C34H32Cl2N6O2. The van der Waals surface area contributed by atoms with Crippen molar-refractivity contribution in [1.82, 2.24) is 30.2 Å². The van der Waals surface area contributed by atoms with Gasteiger partial charge >= 0.3 is 0 Å². The lowest BCUT2D eigenvalue weighted by molar-refractivity contribution is 0.0951. The van der Waals surface area contributed by atoms with E-state index in [1.807, 2.05) is 54.9 Å². The maximum atomic E-state index is 12.8. The third-order valence-electron chi connectivity index (χ3n) is 7.90. The summed E-state index contributed by atoms with van der Waals surface area (Å²) < 4.78 is 5.31. The van der Waals surface area contributed by atoms with Crippen LogP contribution >= 0.6 is 23.2 Å². The number of fused-ring (bicyclic) bond motifs is 1. The monoisotopic (exact) mass is 626 g/mol. The summed E-state index contributed by atoms with van der Waals surface area (Å²) in [4.78, 5) is 32.3. The van der Waals surface area contributed by atoms with Gasteiger partial charge in [-0.2, -0.15) is 0 Å². The molecule has 1 amide bonds.